The molecule has 1 heterocycles. The number of hydrogen-bond donors (Lipinski definition) is 1. The summed E-state index contributed by atoms with van der Waals surface area (Å²) in [6.07, 6.45) is -0.0672. The van der Waals surface area contributed by atoms with E-state index in [0.29, 0.717) is 0 Å². The lowest BCUT2D eigenvalue weighted by Crippen LogP contribution is -2.53. The number of rotatable bonds is 3. The van der Waals surface area contributed by atoms with Gasteiger partial charge in [-0.2, -0.15) is 0 Å². The van der Waals surface area contributed by atoms with Crippen LogP contribution in [0.4, 0.5) is 0 Å². The Balaban J connectivity index is 2.01. The van der Waals surface area contributed by atoms with E-state index in [2.05, 4.69) is 43.0 Å². The molecule has 1 fully saturated rings. The third-order valence-corrected chi connectivity index (χ3v) is 3.00. The molecular weight excluding hydrogens is 214 g/mol. The second-order valence-electron chi connectivity index (χ2n) is 5.34. The van der Waals surface area contributed by atoms with Gasteiger partial charge in [0.25, 0.3) is 0 Å². The first-order chi connectivity index (χ1) is 8.09. The van der Waals surface area contributed by atoms with Crippen LogP contribution in [-0.4, -0.2) is 41.4 Å². The first-order valence-electron chi connectivity index (χ1n) is 6.14. The largest absolute Gasteiger partial charge is 0.394 e. The van der Waals surface area contributed by atoms with Gasteiger partial charge in [0.2, 0.25) is 0 Å². The number of morpholine rings is 1. The SMILES string of the molecule is CC1(C)CN(Cc2ccccc2)CC(CO)O1. The van der Waals surface area contributed by atoms with Gasteiger partial charge < -0.3 is 9.84 Å². The molecule has 0 spiro atoms. The van der Waals surface area contributed by atoms with Crippen LogP contribution in [0.2, 0.25) is 0 Å². The maximum Gasteiger partial charge on any atom is 0.0940 e. The summed E-state index contributed by atoms with van der Waals surface area (Å²) in [5, 5.41) is 9.26. The Morgan fingerprint density at radius 2 is 2.06 bits per heavy atom. The highest BCUT2D eigenvalue weighted by Crippen LogP contribution is 2.22. The number of nitrogens with zero attached hydrogens (tertiary/aromatic N) is 1. The minimum Gasteiger partial charge on any atom is -0.394 e. The molecule has 0 aliphatic carbocycles. The Kier molecular flexibility index (Phi) is 3.82. The fourth-order valence-electron chi connectivity index (χ4n) is 2.47. The molecule has 0 radical (unpaired) electrons. The Morgan fingerprint density at radius 3 is 2.71 bits per heavy atom. The number of aliphatic hydroxyl groups is 1. The minimum absolute atomic E-state index is 0.0672. The first-order valence-corrected chi connectivity index (χ1v) is 6.14. The maximum absolute atomic E-state index is 9.26. The Labute approximate surface area is 103 Å². The summed E-state index contributed by atoms with van der Waals surface area (Å²) >= 11 is 0. The smallest absolute Gasteiger partial charge is 0.0940 e. The van der Waals surface area contributed by atoms with Gasteiger partial charge in [-0.3, -0.25) is 4.90 Å². The molecule has 1 aromatic rings. The molecule has 0 aromatic heterocycles. The van der Waals surface area contributed by atoms with Gasteiger partial charge in [0.1, 0.15) is 0 Å². The molecule has 2 rings (SSSR count). The monoisotopic (exact) mass is 235 g/mol. The lowest BCUT2D eigenvalue weighted by Gasteiger charge is -2.42. The average Bonchev–Trinajstić information content (AvgIpc) is 2.28. The summed E-state index contributed by atoms with van der Waals surface area (Å²) < 4.78 is 5.80. The van der Waals surface area contributed by atoms with Gasteiger partial charge in [0.15, 0.2) is 0 Å². The topological polar surface area (TPSA) is 32.7 Å². The summed E-state index contributed by atoms with van der Waals surface area (Å²) in [6, 6.07) is 10.4. The highest BCUT2D eigenvalue weighted by Gasteiger charge is 2.32. The van der Waals surface area contributed by atoms with Crippen LogP contribution >= 0.6 is 0 Å². The van der Waals surface area contributed by atoms with Crippen LogP contribution in [0, 0.1) is 0 Å². The van der Waals surface area contributed by atoms with Gasteiger partial charge in [-0.1, -0.05) is 30.3 Å². The molecule has 1 aliphatic rings. The van der Waals surface area contributed by atoms with Crippen LogP contribution in [-0.2, 0) is 11.3 Å². The Hall–Kier alpha value is -0.900. The fraction of sp³-hybridized carbons (Fsp3) is 0.571. The van der Waals surface area contributed by atoms with Crippen LogP contribution in [0.25, 0.3) is 0 Å². The van der Waals surface area contributed by atoms with Crippen LogP contribution in [0.5, 0.6) is 0 Å². The van der Waals surface area contributed by atoms with Crippen molar-refractivity contribution in [2.75, 3.05) is 19.7 Å². The fourth-order valence-corrected chi connectivity index (χ4v) is 2.47. The number of aliphatic hydroxyl groups excluding tert-OH is 1. The molecule has 0 bridgehead atoms. The van der Waals surface area contributed by atoms with Gasteiger partial charge in [-0.25, -0.2) is 0 Å². The van der Waals surface area contributed by atoms with Crippen LogP contribution < -0.4 is 0 Å². The van der Waals surface area contributed by atoms with Crippen molar-refractivity contribution in [1.82, 2.24) is 4.90 Å². The van der Waals surface area contributed by atoms with Crippen molar-refractivity contribution in [3.8, 4) is 0 Å². The zero-order valence-electron chi connectivity index (χ0n) is 10.6. The number of benzene rings is 1. The molecular formula is C14H21NO2. The average molecular weight is 235 g/mol. The van der Waals surface area contributed by atoms with Crippen LogP contribution in [0.3, 0.4) is 0 Å². The van der Waals surface area contributed by atoms with Gasteiger partial charge in [-0.05, 0) is 19.4 Å². The quantitative estimate of drug-likeness (QED) is 0.865. The summed E-state index contributed by atoms with van der Waals surface area (Å²) in [7, 11) is 0. The van der Waals surface area contributed by atoms with Crippen molar-refractivity contribution in [1.29, 1.82) is 0 Å². The zero-order valence-corrected chi connectivity index (χ0v) is 10.6. The maximum atomic E-state index is 9.26. The van der Waals surface area contributed by atoms with Gasteiger partial charge in [0, 0.05) is 19.6 Å². The van der Waals surface area contributed by atoms with Crippen molar-refractivity contribution in [2.24, 2.45) is 0 Å². The summed E-state index contributed by atoms with van der Waals surface area (Å²) in [6.45, 7) is 6.87. The standard InChI is InChI=1S/C14H21NO2/c1-14(2)11-15(9-13(10-16)17-14)8-12-6-4-3-5-7-12/h3-7,13,16H,8-11H2,1-2H3. The second kappa shape index (κ2) is 5.17. The van der Waals surface area contributed by atoms with E-state index in [1.807, 2.05) is 6.07 Å². The van der Waals surface area contributed by atoms with Crippen LogP contribution in [0.1, 0.15) is 19.4 Å². The molecule has 17 heavy (non-hydrogen) atoms. The highest BCUT2D eigenvalue weighted by molar-refractivity contribution is 5.14. The predicted molar refractivity (Wildman–Crippen MR) is 67.8 cm³/mol. The number of hydrogen-bond acceptors (Lipinski definition) is 3. The molecule has 1 atom stereocenters. The van der Waals surface area contributed by atoms with Crippen molar-refractivity contribution in [3.05, 3.63) is 35.9 Å². The van der Waals surface area contributed by atoms with Gasteiger partial charge in [0.05, 0.1) is 18.3 Å². The predicted octanol–water partition coefficient (Wildman–Crippen LogP) is 1.66. The molecule has 1 unspecified atom stereocenters. The molecule has 3 heteroatoms. The van der Waals surface area contributed by atoms with Crippen molar-refractivity contribution >= 4 is 0 Å². The lowest BCUT2D eigenvalue weighted by atomic mass is 10.0. The molecule has 1 aromatic carbocycles. The normalized spacial score (nSPS) is 24.8. The third kappa shape index (κ3) is 3.53. The number of ether oxygens (including phenoxy) is 1. The summed E-state index contributed by atoms with van der Waals surface area (Å²) in [5.74, 6) is 0. The van der Waals surface area contributed by atoms with E-state index in [9.17, 15) is 5.11 Å². The van der Waals surface area contributed by atoms with E-state index < -0.39 is 0 Å². The lowest BCUT2D eigenvalue weighted by molar-refractivity contribution is -0.150. The molecule has 0 amide bonds. The highest BCUT2D eigenvalue weighted by atomic mass is 16.5. The van der Waals surface area contributed by atoms with E-state index in [1.165, 1.54) is 5.56 Å². The van der Waals surface area contributed by atoms with Crippen molar-refractivity contribution < 1.29 is 9.84 Å². The molecule has 1 saturated heterocycles. The zero-order chi connectivity index (χ0) is 12.3. The summed E-state index contributed by atoms with van der Waals surface area (Å²) in [4.78, 5) is 2.35. The Morgan fingerprint density at radius 1 is 1.35 bits per heavy atom. The van der Waals surface area contributed by atoms with Gasteiger partial charge in [-0.15, -0.1) is 0 Å². The molecule has 1 N–H and O–H groups in total. The van der Waals surface area contributed by atoms with Gasteiger partial charge >= 0.3 is 0 Å². The van der Waals surface area contributed by atoms with Crippen LogP contribution in [0.15, 0.2) is 30.3 Å². The summed E-state index contributed by atoms with van der Waals surface area (Å²) in [5.41, 5.74) is 1.13. The molecule has 94 valence electrons. The molecule has 1 aliphatic heterocycles. The van der Waals surface area contributed by atoms with E-state index in [0.717, 1.165) is 19.6 Å². The second-order valence-corrected chi connectivity index (χ2v) is 5.34. The van der Waals surface area contributed by atoms with E-state index in [1.54, 1.807) is 0 Å². The van der Waals surface area contributed by atoms with Crippen molar-refractivity contribution in [2.45, 2.75) is 32.1 Å². The minimum atomic E-state index is -0.180. The van der Waals surface area contributed by atoms with E-state index >= 15 is 0 Å². The molecule has 3 nitrogen and oxygen atoms in total. The third-order valence-electron chi connectivity index (χ3n) is 3.00. The van der Waals surface area contributed by atoms with E-state index in [-0.39, 0.29) is 18.3 Å². The first kappa shape index (κ1) is 12.6. The molecule has 0 saturated carbocycles. The van der Waals surface area contributed by atoms with E-state index in [4.69, 9.17) is 4.74 Å². The Bertz CT molecular complexity index is 350. The van der Waals surface area contributed by atoms with Crippen molar-refractivity contribution in [3.63, 3.8) is 0 Å².